The molecule has 0 fully saturated rings. The summed E-state index contributed by atoms with van der Waals surface area (Å²) >= 11 is 0. The zero-order valence-corrected chi connectivity index (χ0v) is 11.9. The van der Waals surface area contributed by atoms with Crippen LogP contribution in [0, 0.1) is 0 Å². The molecular weight excluding hydrogens is 274 g/mol. The Hall–Kier alpha value is -2.15. The van der Waals surface area contributed by atoms with Gasteiger partial charge in [-0.25, -0.2) is 0 Å². The molecule has 114 valence electrons. The Kier molecular flexibility index (Phi) is 5.51. The highest BCUT2D eigenvalue weighted by Crippen LogP contribution is 2.16. The third kappa shape index (κ3) is 4.71. The number of aromatic nitrogens is 2. The van der Waals surface area contributed by atoms with E-state index < -0.39 is 6.10 Å². The topological polar surface area (TPSA) is 101 Å². The maximum absolute atomic E-state index is 11.6. The average molecular weight is 293 g/mol. The van der Waals surface area contributed by atoms with Crippen molar-refractivity contribution in [1.82, 2.24) is 15.5 Å². The van der Waals surface area contributed by atoms with E-state index in [1.165, 1.54) is 6.26 Å². The van der Waals surface area contributed by atoms with Gasteiger partial charge in [0.15, 0.2) is 5.76 Å². The number of aryl methyl sites for hydroxylation is 1. The van der Waals surface area contributed by atoms with Crippen molar-refractivity contribution in [3.05, 3.63) is 24.3 Å². The summed E-state index contributed by atoms with van der Waals surface area (Å²) in [7, 11) is 0. The molecule has 21 heavy (non-hydrogen) atoms. The molecule has 0 bridgehead atoms. The first-order valence-corrected chi connectivity index (χ1v) is 7.00. The molecule has 0 aromatic carbocycles. The molecule has 2 rings (SSSR count). The van der Waals surface area contributed by atoms with Gasteiger partial charge >= 0.3 is 0 Å². The highest BCUT2D eigenvalue weighted by molar-refractivity contribution is 5.76. The summed E-state index contributed by atoms with van der Waals surface area (Å²) in [5.74, 6) is 1.12. The lowest BCUT2D eigenvalue weighted by molar-refractivity contribution is -0.121. The van der Waals surface area contributed by atoms with Crippen LogP contribution in [-0.4, -0.2) is 33.8 Å². The predicted molar refractivity (Wildman–Crippen MR) is 74.2 cm³/mol. The van der Waals surface area contributed by atoms with Gasteiger partial charge in [0.25, 0.3) is 0 Å². The summed E-state index contributed by atoms with van der Waals surface area (Å²) in [6.45, 7) is 2.26. The molecule has 0 radical (unpaired) electrons. The number of nitrogens with one attached hydrogen (secondary N) is 1. The van der Waals surface area contributed by atoms with E-state index in [2.05, 4.69) is 15.5 Å². The summed E-state index contributed by atoms with van der Waals surface area (Å²) < 4.78 is 10.2. The summed E-state index contributed by atoms with van der Waals surface area (Å²) in [5.41, 5.74) is 0. The van der Waals surface area contributed by atoms with E-state index in [0.29, 0.717) is 30.3 Å². The maximum atomic E-state index is 11.6. The number of aliphatic hydroxyl groups excluding tert-OH is 1. The maximum Gasteiger partial charge on any atom is 0.238 e. The van der Waals surface area contributed by atoms with E-state index in [1.54, 1.807) is 12.1 Å². The van der Waals surface area contributed by atoms with Crippen molar-refractivity contribution in [1.29, 1.82) is 0 Å². The van der Waals surface area contributed by atoms with Crippen LogP contribution in [0.1, 0.15) is 32.1 Å². The van der Waals surface area contributed by atoms with E-state index in [0.717, 1.165) is 6.42 Å². The number of carbonyl (C=O) groups is 1. The van der Waals surface area contributed by atoms with Crippen LogP contribution in [0.4, 0.5) is 0 Å². The Morgan fingerprint density at radius 1 is 1.52 bits per heavy atom. The molecule has 2 N–H and O–H groups in total. The largest absolute Gasteiger partial charge is 0.461 e. The molecule has 7 heteroatoms. The number of carbonyl (C=O) groups excluding carboxylic acids is 1. The summed E-state index contributed by atoms with van der Waals surface area (Å²) in [6.07, 6.45) is 3.18. The van der Waals surface area contributed by atoms with Crippen LogP contribution in [0.3, 0.4) is 0 Å². The highest BCUT2D eigenvalue weighted by atomic mass is 16.5. The zero-order valence-electron chi connectivity index (χ0n) is 11.9. The second-order valence-electron chi connectivity index (χ2n) is 4.74. The van der Waals surface area contributed by atoms with Gasteiger partial charge in [-0.1, -0.05) is 18.5 Å². The van der Waals surface area contributed by atoms with Gasteiger partial charge in [0.05, 0.1) is 12.4 Å². The van der Waals surface area contributed by atoms with Crippen LogP contribution < -0.4 is 5.32 Å². The van der Waals surface area contributed by atoms with Gasteiger partial charge in [-0.3, -0.25) is 4.79 Å². The summed E-state index contributed by atoms with van der Waals surface area (Å²) in [5, 5.41) is 16.0. The fourth-order valence-corrected chi connectivity index (χ4v) is 1.84. The molecule has 0 spiro atoms. The Balaban J connectivity index is 1.74. The Bertz CT molecular complexity index is 550. The van der Waals surface area contributed by atoms with Crippen LogP contribution in [0.25, 0.3) is 11.6 Å². The molecule has 0 aliphatic heterocycles. The third-order valence-corrected chi connectivity index (χ3v) is 2.93. The average Bonchev–Trinajstić information content (AvgIpc) is 3.13. The molecule has 1 amide bonds. The zero-order chi connectivity index (χ0) is 15.1. The van der Waals surface area contributed by atoms with E-state index >= 15 is 0 Å². The van der Waals surface area contributed by atoms with Crippen LogP contribution in [0.2, 0.25) is 0 Å². The minimum atomic E-state index is -0.493. The van der Waals surface area contributed by atoms with Crippen molar-refractivity contribution >= 4 is 5.91 Å². The molecule has 7 nitrogen and oxygen atoms in total. The first-order chi connectivity index (χ1) is 10.2. The number of furan rings is 1. The van der Waals surface area contributed by atoms with Gasteiger partial charge in [0.1, 0.15) is 0 Å². The number of hydrogen-bond acceptors (Lipinski definition) is 6. The van der Waals surface area contributed by atoms with E-state index in [1.807, 2.05) is 6.92 Å². The van der Waals surface area contributed by atoms with Crippen molar-refractivity contribution in [3.8, 4) is 11.6 Å². The van der Waals surface area contributed by atoms with Crippen molar-refractivity contribution in [3.63, 3.8) is 0 Å². The minimum Gasteiger partial charge on any atom is -0.461 e. The first kappa shape index (κ1) is 15.2. The molecule has 2 heterocycles. The van der Waals surface area contributed by atoms with Crippen molar-refractivity contribution < 1.29 is 18.8 Å². The van der Waals surface area contributed by atoms with Crippen LogP contribution in [-0.2, 0) is 11.2 Å². The number of amides is 1. The SMILES string of the molecule is CCCC(O)CNC(=O)CCc1nc(-c2ccco2)no1. The number of aliphatic hydroxyl groups is 1. The quantitative estimate of drug-likeness (QED) is 0.765. The second kappa shape index (κ2) is 7.58. The lowest BCUT2D eigenvalue weighted by atomic mass is 10.2. The number of hydrogen-bond donors (Lipinski definition) is 2. The Morgan fingerprint density at radius 3 is 3.10 bits per heavy atom. The highest BCUT2D eigenvalue weighted by Gasteiger charge is 2.12. The second-order valence-corrected chi connectivity index (χ2v) is 4.74. The molecule has 1 atom stereocenters. The van der Waals surface area contributed by atoms with E-state index in [4.69, 9.17) is 8.94 Å². The summed E-state index contributed by atoms with van der Waals surface area (Å²) in [4.78, 5) is 15.8. The monoisotopic (exact) mass is 293 g/mol. The van der Waals surface area contributed by atoms with Gasteiger partial charge in [0, 0.05) is 19.4 Å². The molecular formula is C14H19N3O4. The minimum absolute atomic E-state index is 0.150. The fourth-order valence-electron chi connectivity index (χ4n) is 1.84. The molecule has 0 aliphatic carbocycles. The van der Waals surface area contributed by atoms with Crippen LogP contribution in [0.5, 0.6) is 0 Å². The van der Waals surface area contributed by atoms with Crippen LogP contribution in [0.15, 0.2) is 27.3 Å². The lowest BCUT2D eigenvalue weighted by Crippen LogP contribution is -2.32. The fraction of sp³-hybridized carbons (Fsp3) is 0.500. The molecule has 2 aromatic heterocycles. The molecule has 2 aromatic rings. The normalized spacial score (nSPS) is 12.3. The van der Waals surface area contributed by atoms with Gasteiger partial charge in [-0.05, 0) is 18.6 Å². The van der Waals surface area contributed by atoms with Crippen molar-refractivity contribution in [2.75, 3.05) is 6.54 Å². The van der Waals surface area contributed by atoms with Gasteiger partial charge < -0.3 is 19.4 Å². The van der Waals surface area contributed by atoms with Gasteiger partial charge in [-0.15, -0.1) is 0 Å². The van der Waals surface area contributed by atoms with E-state index in [-0.39, 0.29) is 18.9 Å². The van der Waals surface area contributed by atoms with E-state index in [9.17, 15) is 9.90 Å². The third-order valence-electron chi connectivity index (χ3n) is 2.93. The van der Waals surface area contributed by atoms with Crippen molar-refractivity contribution in [2.24, 2.45) is 0 Å². The smallest absolute Gasteiger partial charge is 0.238 e. The van der Waals surface area contributed by atoms with Crippen molar-refractivity contribution in [2.45, 2.75) is 38.7 Å². The summed E-state index contributed by atoms with van der Waals surface area (Å²) in [6, 6.07) is 3.47. The first-order valence-electron chi connectivity index (χ1n) is 7.00. The lowest BCUT2D eigenvalue weighted by Gasteiger charge is -2.09. The van der Waals surface area contributed by atoms with Gasteiger partial charge in [-0.2, -0.15) is 4.98 Å². The van der Waals surface area contributed by atoms with Gasteiger partial charge in [0.2, 0.25) is 17.6 Å². The molecule has 0 saturated heterocycles. The number of nitrogens with zero attached hydrogens (tertiary/aromatic N) is 2. The Labute approximate surface area is 122 Å². The molecule has 0 saturated carbocycles. The molecule has 1 unspecified atom stereocenters. The number of rotatable bonds is 8. The molecule has 0 aliphatic rings. The predicted octanol–water partition coefficient (Wildman–Crippen LogP) is 1.54. The Morgan fingerprint density at radius 2 is 2.38 bits per heavy atom. The van der Waals surface area contributed by atoms with Crippen LogP contribution >= 0.6 is 0 Å². The standard InChI is InChI=1S/C14H19N3O4/c1-2-4-10(18)9-15-12(19)6-7-13-16-14(17-21-13)11-5-3-8-20-11/h3,5,8,10,18H,2,4,6-7,9H2,1H3,(H,15,19).